The summed E-state index contributed by atoms with van der Waals surface area (Å²) < 4.78 is 0. The van der Waals surface area contributed by atoms with Gasteiger partial charge in [-0.1, -0.05) is 19.1 Å². The van der Waals surface area contributed by atoms with Gasteiger partial charge in [0.1, 0.15) is 0 Å². The van der Waals surface area contributed by atoms with E-state index in [1.807, 2.05) is 43.3 Å². The van der Waals surface area contributed by atoms with Crippen molar-refractivity contribution in [1.82, 2.24) is 10.2 Å². The topological polar surface area (TPSA) is 47.6 Å². The number of rotatable bonds is 7. The van der Waals surface area contributed by atoms with Gasteiger partial charge in [0, 0.05) is 20.6 Å². The Morgan fingerprint density at radius 2 is 1.92 bits per heavy atom. The van der Waals surface area contributed by atoms with Crippen LogP contribution in [-0.2, 0) is 0 Å². The number of urea groups is 1. The zero-order valence-corrected chi connectivity index (χ0v) is 15.3. The van der Waals surface area contributed by atoms with E-state index in [1.165, 1.54) is 25.9 Å². The molecule has 0 radical (unpaired) electrons. The first-order valence-corrected chi connectivity index (χ1v) is 9.10. The van der Waals surface area contributed by atoms with Gasteiger partial charge in [-0.15, -0.1) is 0 Å². The Kier molecular flexibility index (Phi) is 7.37. The number of piperidine rings is 1. The first-order chi connectivity index (χ1) is 11.6. The van der Waals surface area contributed by atoms with Gasteiger partial charge < -0.3 is 20.4 Å². The fourth-order valence-electron chi connectivity index (χ4n) is 3.08. The predicted octanol–water partition coefficient (Wildman–Crippen LogP) is 3.39. The smallest absolute Gasteiger partial charge is 0.319 e. The molecule has 0 saturated carbocycles. The van der Waals surface area contributed by atoms with Crippen molar-refractivity contribution in [2.24, 2.45) is 5.92 Å². The van der Waals surface area contributed by atoms with E-state index in [1.54, 1.807) is 0 Å². The maximum absolute atomic E-state index is 12.0. The zero-order chi connectivity index (χ0) is 17.4. The Hall–Kier alpha value is -1.75. The van der Waals surface area contributed by atoms with E-state index in [0.717, 1.165) is 43.2 Å². The highest BCUT2D eigenvalue weighted by Crippen LogP contribution is 2.23. The van der Waals surface area contributed by atoms with Gasteiger partial charge in [0.2, 0.25) is 0 Å². The lowest BCUT2D eigenvalue weighted by Gasteiger charge is -2.30. The third-order valence-electron chi connectivity index (χ3n) is 4.70. The molecule has 5 nitrogen and oxygen atoms in total. The summed E-state index contributed by atoms with van der Waals surface area (Å²) in [4.78, 5) is 16.6. The molecule has 5 heteroatoms. The van der Waals surface area contributed by atoms with Gasteiger partial charge >= 0.3 is 6.03 Å². The third kappa shape index (κ3) is 6.04. The average molecular weight is 332 g/mol. The quantitative estimate of drug-likeness (QED) is 0.753. The van der Waals surface area contributed by atoms with Crippen LogP contribution in [0.15, 0.2) is 24.3 Å². The van der Waals surface area contributed by atoms with Crippen LogP contribution < -0.4 is 15.5 Å². The summed E-state index contributed by atoms with van der Waals surface area (Å²) in [5, 5.41) is 5.89. The van der Waals surface area contributed by atoms with Gasteiger partial charge in [0.25, 0.3) is 0 Å². The molecule has 134 valence electrons. The van der Waals surface area contributed by atoms with Crippen molar-refractivity contribution in [1.29, 1.82) is 0 Å². The van der Waals surface area contributed by atoms with Crippen molar-refractivity contribution >= 4 is 17.4 Å². The van der Waals surface area contributed by atoms with E-state index >= 15 is 0 Å². The minimum Gasteiger partial charge on any atom is -0.376 e. The molecule has 0 atom stereocenters. The van der Waals surface area contributed by atoms with E-state index in [4.69, 9.17) is 0 Å². The first-order valence-electron chi connectivity index (χ1n) is 9.10. The van der Waals surface area contributed by atoms with Crippen molar-refractivity contribution in [3.8, 4) is 0 Å². The predicted molar refractivity (Wildman–Crippen MR) is 102 cm³/mol. The Bertz CT molecular complexity index is 510. The molecule has 1 aromatic carbocycles. The van der Waals surface area contributed by atoms with Crippen LogP contribution in [0.1, 0.15) is 32.6 Å². The summed E-state index contributed by atoms with van der Waals surface area (Å²) in [5.41, 5.74) is 1.84. The number of anilines is 2. The molecule has 2 N–H and O–H groups in total. The molecule has 1 aliphatic heterocycles. The van der Waals surface area contributed by atoms with Gasteiger partial charge in [-0.05, 0) is 63.4 Å². The Morgan fingerprint density at radius 1 is 1.21 bits per heavy atom. The number of amides is 2. The molecule has 0 aliphatic carbocycles. The summed E-state index contributed by atoms with van der Waals surface area (Å²) >= 11 is 0. The average Bonchev–Trinajstić information content (AvgIpc) is 2.56. The van der Waals surface area contributed by atoms with Crippen LogP contribution in [0.5, 0.6) is 0 Å². The molecule has 1 heterocycles. The Labute approximate surface area is 146 Å². The number of nitrogens with one attached hydrogen (secondary N) is 2. The van der Waals surface area contributed by atoms with Gasteiger partial charge in [-0.3, -0.25) is 0 Å². The third-order valence-corrected chi connectivity index (χ3v) is 4.70. The minimum atomic E-state index is -0.129. The number of likely N-dealkylation sites (tertiary alicyclic amines) is 1. The van der Waals surface area contributed by atoms with Crippen LogP contribution in [0.3, 0.4) is 0 Å². The molecule has 0 spiro atoms. The number of carbonyl (C=O) groups excluding carboxylic acids is 1. The van der Waals surface area contributed by atoms with E-state index in [9.17, 15) is 4.79 Å². The van der Waals surface area contributed by atoms with Crippen LogP contribution in [0.25, 0.3) is 0 Å². The van der Waals surface area contributed by atoms with Crippen molar-refractivity contribution in [3.63, 3.8) is 0 Å². The Morgan fingerprint density at radius 3 is 2.62 bits per heavy atom. The maximum atomic E-state index is 12.0. The number of nitrogens with zero attached hydrogens (tertiary/aromatic N) is 2. The fraction of sp³-hybridized carbons (Fsp3) is 0.632. The highest BCUT2D eigenvalue weighted by molar-refractivity contribution is 5.93. The number of para-hydroxylation sites is 2. The normalized spacial score (nSPS) is 16.0. The SMILES string of the molecule is CC1CCN(CCCCNC(=O)Nc2ccccc2N(C)C)CC1. The van der Waals surface area contributed by atoms with Crippen LogP contribution in [0, 0.1) is 5.92 Å². The van der Waals surface area contributed by atoms with Crippen LogP contribution in [-0.4, -0.2) is 51.2 Å². The van der Waals surface area contributed by atoms with E-state index in [2.05, 4.69) is 22.5 Å². The summed E-state index contributed by atoms with van der Waals surface area (Å²) in [5.74, 6) is 0.886. The fourth-order valence-corrected chi connectivity index (χ4v) is 3.08. The van der Waals surface area contributed by atoms with E-state index in [-0.39, 0.29) is 6.03 Å². The minimum absolute atomic E-state index is 0.129. The largest absolute Gasteiger partial charge is 0.376 e. The second-order valence-corrected chi connectivity index (χ2v) is 7.02. The molecule has 24 heavy (non-hydrogen) atoms. The molecular weight excluding hydrogens is 300 g/mol. The van der Waals surface area contributed by atoms with Crippen LogP contribution in [0.4, 0.5) is 16.2 Å². The lowest BCUT2D eigenvalue weighted by Crippen LogP contribution is -2.34. The first kappa shape index (κ1) is 18.6. The van der Waals surface area contributed by atoms with E-state index < -0.39 is 0 Å². The Balaban J connectivity index is 1.62. The van der Waals surface area contributed by atoms with Gasteiger partial charge in [0.15, 0.2) is 0 Å². The van der Waals surface area contributed by atoms with Crippen LogP contribution >= 0.6 is 0 Å². The van der Waals surface area contributed by atoms with Gasteiger partial charge in [-0.2, -0.15) is 0 Å². The van der Waals surface area contributed by atoms with Crippen molar-refractivity contribution in [2.45, 2.75) is 32.6 Å². The van der Waals surface area contributed by atoms with Gasteiger partial charge in [-0.25, -0.2) is 4.79 Å². The number of benzene rings is 1. The number of hydrogen-bond donors (Lipinski definition) is 2. The molecule has 1 aliphatic rings. The molecular formula is C19H32N4O. The summed E-state index contributed by atoms with van der Waals surface area (Å²) in [6.45, 7) is 6.68. The molecule has 1 fully saturated rings. The highest BCUT2D eigenvalue weighted by atomic mass is 16.2. The second-order valence-electron chi connectivity index (χ2n) is 7.02. The number of carbonyl (C=O) groups is 1. The molecule has 2 rings (SSSR count). The molecule has 0 bridgehead atoms. The molecule has 0 unspecified atom stereocenters. The van der Waals surface area contributed by atoms with Crippen molar-refractivity contribution < 1.29 is 4.79 Å². The molecule has 1 saturated heterocycles. The molecule has 2 amide bonds. The standard InChI is InChI=1S/C19H32N4O/c1-16-10-14-23(15-11-16)13-7-6-12-20-19(24)21-17-8-4-5-9-18(17)22(2)3/h4-5,8-9,16H,6-7,10-15H2,1-3H3,(H2,20,21,24). The van der Waals surface area contributed by atoms with Crippen molar-refractivity contribution in [2.75, 3.05) is 50.5 Å². The summed E-state index contributed by atoms with van der Waals surface area (Å²) in [7, 11) is 3.94. The summed E-state index contributed by atoms with van der Waals surface area (Å²) in [6, 6.07) is 7.69. The monoisotopic (exact) mass is 332 g/mol. The van der Waals surface area contributed by atoms with Crippen molar-refractivity contribution in [3.05, 3.63) is 24.3 Å². The van der Waals surface area contributed by atoms with E-state index in [0.29, 0.717) is 0 Å². The molecule has 0 aromatic heterocycles. The zero-order valence-electron chi connectivity index (χ0n) is 15.3. The van der Waals surface area contributed by atoms with Crippen LogP contribution in [0.2, 0.25) is 0 Å². The number of unbranched alkanes of at least 4 members (excludes halogenated alkanes) is 1. The maximum Gasteiger partial charge on any atom is 0.319 e. The highest BCUT2D eigenvalue weighted by Gasteiger charge is 2.14. The molecule has 1 aromatic rings. The summed E-state index contributed by atoms with van der Waals surface area (Å²) in [6.07, 6.45) is 4.82. The number of hydrogen-bond acceptors (Lipinski definition) is 3. The van der Waals surface area contributed by atoms with Gasteiger partial charge in [0.05, 0.1) is 11.4 Å². The lowest BCUT2D eigenvalue weighted by atomic mass is 9.99. The lowest BCUT2D eigenvalue weighted by molar-refractivity contribution is 0.189. The second kappa shape index (κ2) is 9.52.